The summed E-state index contributed by atoms with van der Waals surface area (Å²) in [7, 11) is 1.56. The molecule has 3 rings (SSSR count). The lowest BCUT2D eigenvalue weighted by Gasteiger charge is -2.26. The molecule has 0 aromatic carbocycles. The summed E-state index contributed by atoms with van der Waals surface area (Å²) in [5, 5.41) is 10.6. The molecule has 0 radical (unpaired) electrons. The molecule has 1 aromatic heterocycles. The number of hydrogen-bond acceptors (Lipinski definition) is 5. The first-order valence-electron chi connectivity index (χ1n) is 10.7. The number of methoxy groups -OCH3 is 1. The molecule has 1 N–H and O–H groups in total. The van der Waals surface area contributed by atoms with Crippen molar-refractivity contribution in [1.82, 2.24) is 25.2 Å². The number of nitrogens with zero attached hydrogens (tertiary/aromatic N) is 4. The number of amides is 2. The molecule has 0 spiro atoms. The topological polar surface area (TPSA) is 89.4 Å². The number of alkyl halides is 1. The Morgan fingerprint density at radius 3 is 2.86 bits per heavy atom. The molecule has 1 aliphatic carbocycles. The molecular weight excluding hydrogens is 377 g/mol. The Hall–Kier alpha value is -2.03. The van der Waals surface area contributed by atoms with E-state index in [-0.39, 0.29) is 30.1 Å². The molecule has 1 aromatic rings. The summed E-state index contributed by atoms with van der Waals surface area (Å²) in [5.41, 5.74) is 0.200. The van der Waals surface area contributed by atoms with E-state index < -0.39 is 6.17 Å². The fourth-order valence-corrected chi connectivity index (χ4v) is 4.35. The van der Waals surface area contributed by atoms with E-state index in [0.29, 0.717) is 38.5 Å². The van der Waals surface area contributed by atoms with Crippen molar-refractivity contribution in [3.05, 3.63) is 11.9 Å². The molecular formula is C20H32FN5O3. The first-order chi connectivity index (χ1) is 14.1. The highest BCUT2D eigenvalue weighted by atomic mass is 19.1. The fourth-order valence-electron chi connectivity index (χ4n) is 4.35. The number of halogens is 1. The minimum atomic E-state index is -1.01. The monoisotopic (exact) mass is 409 g/mol. The van der Waals surface area contributed by atoms with Gasteiger partial charge in [-0.1, -0.05) is 37.3 Å². The molecule has 2 aliphatic rings. The molecule has 0 bridgehead atoms. The van der Waals surface area contributed by atoms with Crippen LogP contribution < -0.4 is 5.32 Å². The molecule has 162 valence electrons. The summed E-state index contributed by atoms with van der Waals surface area (Å²) in [6.07, 6.45) is 8.42. The van der Waals surface area contributed by atoms with E-state index in [9.17, 15) is 14.0 Å². The summed E-state index contributed by atoms with van der Waals surface area (Å²) in [6, 6.07) is -0.255. The molecule has 2 amide bonds. The Kier molecular flexibility index (Phi) is 7.97. The Morgan fingerprint density at radius 1 is 1.31 bits per heavy atom. The van der Waals surface area contributed by atoms with Gasteiger partial charge in [-0.25, -0.2) is 9.07 Å². The van der Waals surface area contributed by atoms with Crippen LogP contribution in [0, 0.1) is 5.92 Å². The van der Waals surface area contributed by atoms with Gasteiger partial charge in [-0.15, -0.1) is 5.10 Å². The first kappa shape index (κ1) is 21.7. The van der Waals surface area contributed by atoms with Crippen LogP contribution in [0.5, 0.6) is 0 Å². The third-order valence-corrected chi connectivity index (χ3v) is 5.94. The second kappa shape index (κ2) is 10.7. The number of aromatic nitrogens is 3. The van der Waals surface area contributed by atoms with Crippen LogP contribution in [0.3, 0.4) is 0 Å². The maximum atomic E-state index is 14.1. The zero-order chi connectivity index (χ0) is 20.6. The standard InChI is InChI=1S/C20H32FN5O3/c1-29-10-9-22-20(28)18-14-25(24-23-18)13-17-11-16(21)12-26(17)19(27)8-7-15-5-3-2-4-6-15/h14-17H,2-13H2,1H3,(H,22,28)/t16-,17-/m0/s1. The third-order valence-electron chi connectivity index (χ3n) is 5.94. The molecule has 8 nitrogen and oxygen atoms in total. The van der Waals surface area contributed by atoms with E-state index >= 15 is 0 Å². The van der Waals surface area contributed by atoms with Gasteiger partial charge in [0, 0.05) is 26.5 Å². The highest BCUT2D eigenvalue weighted by Crippen LogP contribution is 2.29. The van der Waals surface area contributed by atoms with Gasteiger partial charge in [-0.2, -0.15) is 0 Å². The van der Waals surface area contributed by atoms with E-state index in [2.05, 4.69) is 15.6 Å². The zero-order valence-corrected chi connectivity index (χ0v) is 17.2. The number of ether oxygens (including phenoxy) is 1. The highest BCUT2D eigenvalue weighted by Gasteiger charge is 2.35. The second-order valence-corrected chi connectivity index (χ2v) is 8.15. The highest BCUT2D eigenvalue weighted by molar-refractivity contribution is 5.91. The van der Waals surface area contributed by atoms with E-state index in [4.69, 9.17) is 4.74 Å². The molecule has 1 saturated carbocycles. The lowest BCUT2D eigenvalue weighted by atomic mass is 9.86. The first-order valence-corrected chi connectivity index (χ1v) is 10.7. The van der Waals surface area contributed by atoms with Gasteiger partial charge in [0.15, 0.2) is 5.69 Å². The van der Waals surface area contributed by atoms with Crippen LogP contribution in [-0.4, -0.2) is 70.7 Å². The van der Waals surface area contributed by atoms with Crippen LogP contribution in [0.4, 0.5) is 4.39 Å². The van der Waals surface area contributed by atoms with Crippen molar-refractivity contribution in [2.75, 3.05) is 26.8 Å². The SMILES string of the molecule is COCCNC(=O)c1cn(C[C@@H]2C[C@H](F)CN2C(=O)CCC2CCCCC2)nn1. The summed E-state index contributed by atoms with van der Waals surface area (Å²) in [4.78, 5) is 26.4. The van der Waals surface area contributed by atoms with Gasteiger partial charge in [0.05, 0.1) is 31.9 Å². The summed E-state index contributed by atoms with van der Waals surface area (Å²) in [5.74, 6) is 0.325. The van der Waals surface area contributed by atoms with Gasteiger partial charge < -0.3 is 15.0 Å². The largest absolute Gasteiger partial charge is 0.383 e. The maximum Gasteiger partial charge on any atom is 0.273 e. The molecule has 0 unspecified atom stereocenters. The second-order valence-electron chi connectivity index (χ2n) is 8.15. The van der Waals surface area contributed by atoms with Gasteiger partial charge in [0.25, 0.3) is 5.91 Å². The average Bonchev–Trinajstić information content (AvgIpc) is 3.34. The third kappa shape index (κ3) is 6.22. The van der Waals surface area contributed by atoms with E-state index in [1.54, 1.807) is 18.2 Å². The molecule has 2 heterocycles. The van der Waals surface area contributed by atoms with Gasteiger partial charge in [-0.05, 0) is 12.3 Å². The predicted molar refractivity (Wildman–Crippen MR) is 105 cm³/mol. The van der Waals surface area contributed by atoms with Crippen molar-refractivity contribution < 1.29 is 18.7 Å². The molecule has 2 atom stereocenters. The number of carbonyl (C=O) groups excluding carboxylic acids is 2. The van der Waals surface area contributed by atoms with Crippen LogP contribution in [0.15, 0.2) is 6.20 Å². The van der Waals surface area contributed by atoms with Crippen LogP contribution in [0.2, 0.25) is 0 Å². The number of hydrogen-bond donors (Lipinski definition) is 1. The molecule has 1 aliphatic heterocycles. The maximum absolute atomic E-state index is 14.1. The van der Waals surface area contributed by atoms with Gasteiger partial charge in [0.2, 0.25) is 5.91 Å². The van der Waals surface area contributed by atoms with Crippen LogP contribution in [0.25, 0.3) is 0 Å². The number of likely N-dealkylation sites (tertiary alicyclic amines) is 1. The Balaban J connectivity index is 1.52. The minimum absolute atomic E-state index is 0.0263. The molecule has 29 heavy (non-hydrogen) atoms. The average molecular weight is 410 g/mol. The Labute approximate surface area is 171 Å². The normalized spacial score (nSPS) is 22.8. The fraction of sp³-hybridized carbons (Fsp3) is 0.800. The predicted octanol–water partition coefficient (Wildman–Crippen LogP) is 1.95. The minimum Gasteiger partial charge on any atom is -0.383 e. The van der Waals surface area contributed by atoms with E-state index in [1.165, 1.54) is 36.8 Å². The lowest BCUT2D eigenvalue weighted by molar-refractivity contribution is -0.132. The van der Waals surface area contributed by atoms with E-state index in [1.807, 2.05) is 0 Å². The van der Waals surface area contributed by atoms with Crippen molar-refractivity contribution in [2.45, 2.75) is 70.1 Å². The van der Waals surface area contributed by atoms with Crippen molar-refractivity contribution in [3.63, 3.8) is 0 Å². The van der Waals surface area contributed by atoms with Crippen LogP contribution in [-0.2, 0) is 16.1 Å². The van der Waals surface area contributed by atoms with Gasteiger partial charge in [-0.3, -0.25) is 9.59 Å². The molecule has 9 heteroatoms. The summed E-state index contributed by atoms with van der Waals surface area (Å²) in [6.45, 7) is 1.29. The molecule has 2 fully saturated rings. The summed E-state index contributed by atoms with van der Waals surface area (Å²) < 4.78 is 20.5. The Bertz CT molecular complexity index is 677. The van der Waals surface area contributed by atoms with Crippen molar-refractivity contribution in [2.24, 2.45) is 5.92 Å². The van der Waals surface area contributed by atoms with Crippen molar-refractivity contribution in [1.29, 1.82) is 0 Å². The van der Waals surface area contributed by atoms with Gasteiger partial charge in [0.1, 0.15) is 6.17 Å². The van der Waals surface area contributed by atoms with Crippen LogP contribution in [0.1, 0.15) is 61.9 Å². The molecule has 1 saturated heterocycles. The number of rotatable bonds is 9. The van der Waals surface area contributed by atoms with Crippen LogP contribution >= 0.6 is 0 Å². The lowest BCUT2D eigenvalue weighted by Crippen LogP contribution is -2.38. The van der Waals surface area contributed by atoms with Crippen molar-refractivity contribution >= 4 is 11.8 Å². The van der Waals surface area contributed by atoms with Crippen molar-refractivity contribution in [3.8, 4) is 0 Å². The zero-order valence-electron chi connectivity index (χ0n) is 17.2. The number of nitrogens with one attached hydrogen (secondary N) is 1. The quantitative estimate of drug-likeness (QED) is 0.630. The van der Waals surface area contributed by atoms with E-state index in [0.717, 1.165) is 6.42 Å². The Morgan fingerprint density at radius 2 is 2.10 bits per heavy atom. The van der Waals surface area contributed by atoms with Gasteiger partial charge >= 0.3 is 0 Å². The summed E-state index contributed by atoms with van der Waals surface area (Å²) >= 11 is 0. The smallest absolute Gasteiger partial charge is 0.273 e. The number of carbonyl (C=O) groups is 2.